The van der Waals surface area contributed by atoms with Crippen LogP contribution in [0.3, 0.4) is 0 Å². The van der Waals surface area contributed by atoms with E-state index < -0.39 is 0 Å². The van der Waals surface area contributed by atoms with Crippen LogP contribution in [0.2, 0.25) is 0 Å². The summed E-state index contributed by atoms with van der Waals surface area (Å²) in [6.45, 7) is 2.37. The maximum atomic E-state index is 5.48. The summed E-state index contributed by atoms with van der Waals surface area (Å²) in [7, 11) is 0. The van der Waals surface area contributed by atoms with Gasteiger partial charge in [-0.25, -0.2) is 0 Å². The van der Waals surface area contributed by atoms with Gasteiger partial charge in [-0.2, -0.15) is 9.97 Å². The van der Waals surface area contributed by atoms with Crippen molar-refractivity contribution in [3.63, 3.8) is 0 Å². The lowest BCUT2D eigenvalue weighted by Crippen LogP contribution is -2.01. The normalized spacial score (nSPS) is 10.6. The predicted molar refractivity (Wildman–Crippen MR) is 54.5 cm³/mol. The molecule has 2 N–H and O–H groups in total. The number of halogens is 1. The maximum Gasteiger partial charge on any atom is 0.319 e. The average molecular weight is 244 g/mol. The largest absolute Gasteiger partial charge is 0.459 e. The van der Waals surface area contributed by atoms with E-state index in [0.717, 1.165) is 0 Å². The molecule has 0 unspecified atom stereocenters. The molecule has 0 saturated carbocycles. The van der Waals surface area contributed by atoms with E-state index in [1.807, 2.05) is 19.1 Å². The molecular formula is C8H10BrN3O. The zero-order valence-electron chi connectivity index (χ0n) is 7.20. The molecule has 1 rings (SSSR count). The highest BCUT2D eigenvalue weighted by atomic mass is 79.9. The fraction of sp³-hybridized carbons (Fsp3) is 0.250. The van der Waals surface area contributed by atoms with Gasteiger partial charge in [-0.15, -0.1) is 0 Å². The summed E-state index contributed by atoms with van der Waals surface area (Å²) >= 11 is 3.19. The van der Waals surface area contributed by atoms with E-state index in [0.29, 0.717) is 17.0 Å². The van der Waals surface area contributed by atoms with Crippen LogP contribution in [0.4, 0.5) is 5.82 Å². The molecule has 4 nitrogen and oxygen atoms in total. The Morgan fingerprint density at radius 1 is 1.62 bits per heavy atom. The second-order valence-electron chi connectivity index (χ2n) is 2.28. The van der Waals surface area contributed by atoms with Crippen molar-refractivity contribution in [1.29, 1.82) is 0 Å². The first-order chi connectivity index (χ1) is 6.22. The third-order valence-electron chi connectivity index (χ3n) is 1.24. The second kappa shape index (κ2) is 4.81. The second-order valence-corrected chi connectivity index (χ2v) is 3.09. The van der Waals surface area contributed by atoms with Crippen molar-refractivity contribution >= 4 is 21.7 Å². The molecule has 0 aliphatic carbocycles. The maximum absolute atomic E-state index is 5.48. The van der Waals surface area contributed by atoms with Gasteiger partial charge >= 0.3 is 6.01 Å². The SMILES string of the molecule is C/C=C/COc1nc(N)cc(Br)n1. The van der Waals surface area contributed by atoms with E-state index in [4.69, 9.17) is 10.5 Å². The summed E-state index contributed by atoms with van der Waals surface area (Å²) in [6.07, 6.45) is 3.75. The van der Waals surface area contributed by atoms with Gasteiger partial charge in [0.2, 0.25) is 0 Å². The van der Waals surface area contributed by atoms with Crippen molar-refractivity contribution in [2.45, 2.75) is 6.92 Å². The molecule has 5 heteroatoms. The van der Waals surface area contributed by atoms with Crippen molar-refractivity contribution in [3.8, 4) is 6.01 Å². The monoisotopic (exact) mass is 243 g/mol. The summed E-state index contributed by atoms with van der Waals surface area (Å²) in [4.78, 5) is 7.86. The molecule has 0 aromatic carbocycles. The lowest BCUT2D eigenvalue weighted by molar-refractivity contribution is 0.332. The highest BCUT2D eigenvalue weighted by molar-refractivity contribution is 9.10. The van der Waals surface area contributed by atoms with Crippen molar-refractivity contribution < 1.29 is 4.74 Å². The minimum Gasteiger partial charge on any atom is -0.459 e. The van der Waals surface area contributed by atoms with Gasteiger partial charge in [-0.05, 0) is 22.9 Å². The molecule has 0 fully saturated rings. The molecule has 0 bridgehead atoms. The van der Waals surface area contributed by atoms with Crippen LogP contribution in [-0.2, 0) is 0 Å². The van der Waals surface area contributed by atoms with E-state index in [-0.39, 0.29) is 6.01 Å². The number of allylic oxidation sites excluding steroid dienone is 1. The molecule has 13 heavy (non-hydrogen) atoms. The van der Waals surface area contributed by atoms with Gasteiger partial charge in [0.25, 0.3) is 0 Å². The van der Waals surface area contributed by atoms with Crippen LogP contribution in [0, 0.1) is 0 Å². The molecule has 1 aromatic rings. The van der Waals surface area contributed by atoms with Crippen LogP contribution in [0.5, 0.6) is 6.01 Å². The number of rotatable bonds is 3. The summed E-state index contributed by atoms with van der Waals surface area (Å²) in [6, 6.07) is 1.90. The molecule has 0 radical (unpaired) electrons. The number of aromatic nitrogens is 2. The van der Waals surface area contributed by atoms with E-state index >= 15 is 0 Å². The Morgan fingerprint density at radius 3 is 3.00 bits per heavy atom. The predicted octanol–water partition coefficient (Wildman–Crippen LogP) is 1.78. The summed E-state index contributed by atoms with van der Waals surface area (Å²) in [5.74, 6) is 0.386. The van der Waals surface area contributed by atoms with Gasteiger partial charge in [0.05, 0.1) is 0 Å². The van der Waals surface area contributed by atoms with Gasteiger partial charge in [-0.3, -0.25) is 0 Å². The highest BCUT2D eigenvalue weighted by Crippen LogP contribution is 2.13. The van der Waals surface area contributed by atoms with Crippen LogP contribution in [-0.4, -0.2) is 16.6 Å². The van der Waals surface area contributed by atoms with Crippen LogP contribution >= 0.6 is 15.9 Å². The smallest absolute Gasteiger partial charge is 0.319 e. The summed E-state index contributed by atoms with van der Waals surface area (Å²) in [5, 5.41) is 0. The van der Waals surface area contributed by atoms with Gasteiger partial charge in [0.15, 0.2) is 0 Å². The molecule has 1 aromatic heterocycles. The molecule has 0 spiro atoms. The highest BCUT2D eigenvalue weighted by Gasteiger charge is 1.99. The van der Waals surface area contributed by atoms with Gasteiger partial charge in [0.1, 0.15) is 17.0 Å². The molecular weight excluding hydrogens is 234 g/mol. The van der Waals surface area contributed by atoms with Crippen molar-refractivity contribution in [3.05, 3.63) is 22.8 Å². The fourth-order valence-corrected chi connectivity index (χ4v) is 1.08. The van der Waals surface area contributed by atoms with Crippen LogP contribution < -0.4 is 10.5 Å². The number of nitrogen functional groups attached to an aromatic ring is 1. The van der Waals surface area contributed by atoms with Gasteiger partial charge in [0, 0.05) is 6.07 Å². The topological polar surface area (TPSA) is 61.0 Å². The Hall–Kier alpha value is -1.10. The standard InChI is InChI=1S/C8H10BrN3O/c1-2-3-4-13-8-11-6(9)5-7(10)12-8/h2-3,5H,4H2,1H3,(H2,10,11,12)/b3-2+. The zero-order valence-corrected chi connectivity index (χ0v) is 8.78. The molecule has 0 aliphatic heterocycles. The minimum absolute atomic E-state index is 0.282. The lowest BCUT2D eigenvalue weighted by atomic mass is 10.5. The summed E-state index contributed by atoms with van der Waals surface area (Å²) < 4.78 is 5.81. The number of nitrogens with two attached hydrogens (primary N) is 1. The first-order valence-corrected chi connectivity index (χ1v) is 4.55. The Bertz CT molecular complexity index is 294. The Labute approximate surface area is 85.0 Å². The first kappa shape index (κ1) is 9.98. The Morgan fingerprint density at radius 2 is 2.38 bits per heavy atom. The van der Waals surface area contributed by atoms with E-state index in [1.54, 1.807) is 6.07 Å². The van der Waals surface area contributed by atoms with Crippen molar-refractivity contribution in [2.24, 2.45) is 0 Å². The number of hydrogen-bond acceptors (Lipinski definition) is 4. The number of nitrogens with zero attached hydrogens (tertiary/aromatic N) is 2. The van der Waals surface area contributed by atoms with Crippen LogP contribution in [0.25, 0.3) is 0 Å². The van der Waals surface area contributed by atoms with Crippen LogP contribution in [0.15, 0.2) is 22.8 Å². The van der Waals surface area contributed by atoms with Crippen molar-refractivity contribution in [2.75, 3.05) is 12.3 Å². The first-order valence-electron chi connectivity index (χ1n) is 3.76. The lowest BCUT2D eigenvalue weighted by Gasteiger charge is -2.01. The molecule has 1 heterocycles. The van der Waals surface area contributed by atoms with E-state index in [2.05, 4.69) is 25.9 Å². The van der Waals surface area contributed by atoms with Gasteiger partial charge < -0.3 is 10.5 Å². The molecule has 0 amide bonds. The quantitative estimate of drug-likeness (QED) is 0.650. The third kappa shape index (κ3) is 3.42. The number of hydrogen-bond donors (Lipinski definition) is 1. The van der Waals surface area contributed by atoms with E-state index in [1.165, 1.54) is 0 Å². The Balaban J connectivity index is 2.66. The third-order valence-corrected chi connectivity index (χ3v) is 1.64. The number of anilines is 1. The summed E-state index contributed by atoms with van der Waals surface area (Å²) in [5.41, 5.74) is 5.48. The Kier molecular flexibility index (Phi) is 3.70. The zero-order chi connectivity index (χ0) is 9.68. The average Bonchev–Trinajstić information content (AvgIpc) is 2.03. The molecule has 70 valence electrons. The molecule has 0 saturated heterocycles. The minimum atomic E-state index is 0.282. The van der Waals surface area contributed by atoms with Gasteiger partial charge in [-0.1, -0.05) is 12.2 Å². The van der Waals surface area contributed by atoms with Crippen molar-refractivity contribution in [1.82, 2.24) is 9.97 Å². The van der Waals surface area contributed by atoms with Crippen LogP contribution in [0.1, 0.15) is 6.92 Å². The molecule has 0 atom stereocenters. The number of ether oxygens (including phenoxy) is 1. The van der Waals surface area contributed by atoms with E-state index in [9.17, 15) is 0 Å². The fourth-order valence-electron chi connectivity index (χ4n) is 0.697. The molecule has 0 aliphatic rings.